The van der Waals surface area contributed by atoms with Crippen molar-refractivity contribution in [3.8, 4) is 0 Å². The second-order valence-electron chi connectivity index (χ2n) is 5.42. The molecule has 1 aliphatic heterocycles. The maximum Gasteiger partial charge on any atom is 0.425 e. The van der Waals surface area contributed by atoms with Gasteiger partial charge in [0.25, 0.3) is 0 Å². The van der Waals surface area contributed by atoms with Crippen LogP contribution in [0.5, 0.6) is 0 Å². The van der Waals surface area contributed by atoms with Crippen molar-refractivity contribution in [1.82, 2.24) is 5.32 Å². The fourth-order valence-corrected chi connectivity index (χ4v) is 2.49. The van der Waals surface area contributed by atoms with Gasteiger partial charge in [0, 0.05) is 0 Å². The maximum absolute atomic E-state index is 11.8. The Morgan fingerprint density at radius 2 is 1.91 bits per heavy atom. The number of carbonyl (C=O) groups is 3. The summed E-state index contributed by atoms with van der Waals surface area (Å²) in [5.74, 6) is -3.14. The predicted molar refractivity (Wildman–Crippen MR) is 82.3 cm³/mol. The standard InChI is InChI=1S/C17H21NO5/c1-2-14(12-8-4-3-5-9-12)22-16(20)17(21)23-15(19)13-10-6-7-11-18-13/h3-5,8-9,13-14,18H,2,6-7,10-11H2,1H3/t13-,14-/m1/s1. The van der Waals surface area contributed by atoms with Crippen LogP contribution >= 0.6 is 0 Å². The van der Waals surface area contributed by atoms with Crippen LogP contribution in [0.15, 0.2) is 30.3 Å². The average Bonchev–Trinajstić information content (AvgIpc) is 2.60. The molecule has 1 aromatic rings. The quantitative estimate of drug-likeness (QED) is 0.518. The highest BCUT2D eigenvalue weighted by molar-refractivity contribution is 6.31. The number of ether oxygens (including phenoxy) is 2. The molecular formula is C17H21NO5. The van der Waals surface area contributed by atoms with Crippen LogP contribution in [0.1, 0.15) is 44.3 Å². The van der Waals surface area contributed by atoms with Crippen molar-refractivity contribution in [2.75, 3.05) is 6.54 Å². The topological polar surface area (TPSA) is 81.7 Å². The smallest absolute Gasteiger partial charge is 0.425 e. The van der Waals surface area contributed by atoms with Crippen molar-refractivity contribution in [3.05, 3.63) is 35.9 Å². The minimum atomic E-state index is -1.27. The van der Waals surface area contributed by atoms with Crippen LogP contribution in [0, 0.1) is 0 Å². The molecule has 1 fully saturated rings. The molecule has 2 atom stereocenters. The predicted octanol–water partition coefficient (Wildman–Crippen LogP) is 1.89. The van der Waals surface area contributed by atoms with E-state index >= 15 is 0 Å². The number of hydrogen-bond acceptors (Lipinski definition) is 6. The van der Waals surface area contributed by atoms with Gasteiger partial charge in [-0.3, -0.25) is 0 Å². The Balaban J connectivity index is 1.88. The Labute approximate surface area is 135 Å². The van der Waals surface area contributed by atoms with Crippen molar-refractivity contribution in [2.45, 2.75) is 44.8 Å². The number of esters is 3. The number of nitrogens with one attached hydrogen (secondary N) is 1. The lowest BCUT2D eigenvalue weighted by Crippen LogP contribution is -2.43. The molecule has 1 N–H and O–H groups in total. The second kappa shape index (κ2) is 8.43. The number of rotatable bonds is 4. The van der Waals surface area contributed by atoms with Crippen molar-refractivity contribution < 1.29 is 23.9 Å². The zero-order valence-electron chi connectivity index (χ0n) is 13.1. The van der Waals surface area contributed by atoms with Gasteiger partial charge in [-0.1, -0.05) is 43.7 Å². The van der Waals surface area contributed by atoms with Gasteiger partial charge in [-0.2, -0.15) is 0 Å². The van der Waals surface area contributed by atoms with E-state index in [0.717, 1.165) is 18.4 Å². The van der Waals surface area contributed by atoms with E-state index in [9.17, 15) is 14.4 Å². The lowest BCUT2D eigenvalue weighted by Gasteiger charge is -2.21. The molecular weight excluding hydrogens is 298 g/mol. The molecule has 0 spiro atoms. The lowest BCUT2D eigenvalue weighted by atomic mass is 10.1. The van der Waals surface area contributed by atoms with Crippen LogP contribution < -0.4 is 5.32 Å². The lowest BCUT2D eigenvalue weighted by molar-refractivity contribution is -0.177. The fraction of sp³-hybridized carbons (Fsp3) is 0.471. The van der Waals surface area contributed by atoms with Crippen LogP contribution in [0.4, 0.5) is 0 Å². The molecule has 124 valence electrons. The van der Waals surface area contributed by atoms with E-state index in [1.54, 1.807) is 0 Å². The molecule has 0 bridgehead atoms. The van der Waals surface area contributed by atoms with Gasteiger partial charge >= 0.3 is 17.9 Å². The summed E-state index contributed by atoms with van der Waals surface area (Å²) in [6.07, 6.45) is 2.44. The van der Waals surface area contributed by atoms with Gasteiger partial charge in [-0.05, 0) is 31.4 Å². The van der Waals surface area contributed by atoms with Crippen molar-refractivity contribution in [1.29, 1.82) is 0 Å². The zero-order valence-corrected chi connectivity index (χ0v) is 13.1. The Morgan fingerprint density at radius 1 is 1.17 bits per heavy atom. The molecule has 2 rings (SSSR count). The highest BCUT2D eigenvalue weighted by Gasteiger charge is 2.29. The molecule has 0 aliphatic carbocycles. The fourth-order valence-electron chi connectivity index (χ4n) is 2.49. The first-order chi connectivity index (χ1) is 11.1. The molecule has 0 unspecified atom stereocenters. The van der Waals surface area contributed by atoms with Gasteiger partial charge in [-0.25, -0.2) is 14.4 Å². The van der Waals surface area contributed by atoms with Crippen LogP contribution in [0.3, 0.4) is 0 Å². The maximum atomic E-state index is 11.8. The van der Waals surface area contributed by atoms with Crippen LogP contribution in [0.2, 0.25) is 0 Å². The summed E-state index contributed by atoms with van der Waals surface area (Å²) >= 11 is 0. The summed E-state index contributed by atoms with van der Waals surface area (Å²) < 4.78 is 9.77. The zero-order chi connectivity index (χ0) is 16.7. The van der Waals surface area contributed by atoms with Gasteiger partial charge in [0.2, 0.25) is 0 Å². The third-order valence-corrected chi connectivity index (χ3v) is 3.75. The normalized spacial score (nSPS) is 18.7. The summed E-state index contributed by atoms with van der Waals surface area (Å²) in [6, 6.07) is 8.58. The largest absolute Gasteiger partial charge is 0.449 e. The first-order valence-corrected chi connectivity index (χ1v) is 7.86. The van der Waals surface area contributed by atoms with Gasteiger partial charge in [0.1, 0.15) is 12.1 Å². The van der Waals surface area contributed by atoms with E-state index in [4.69, 9.17) is 4.74 Å². The molecule has 1 saturated heterocycles. The van der Waals surface area contributed by atoms with Gasteiger partial charge in [0.15, 0.2) is 0 Å². The van der Waals surface area contributed by atoms with Crippen LogP contribution in [-0.2, 0) is 23.9 Å². The SMILES string of the molecule is CC[C@@H](OC(=O)C(=O)OC(=O)[C@H]1CCCCN1)c1ccccc1. The molecule has 23 heavy (non-hydrogen) atoms. The van der Waals surface area contributed by atoms with Crippen molar-refractivity contribution in [3.63, 3.8) is 0 Å². The van der Waals surface area contributed by atoms with Gasteiger partial charge in [-0.15, -0.1) is 0 Å². The Hall–Kier alpha value is -2.21. The van der Waals surface area contributed by atoms with Crippen molar-refractivity contribution in [2.24, 2.45) is 0 Å². The van der Waals surface area contributed by atoms with Crippen LogP contribution in [0.25, 0.3) is 0 Å². The van der Waals surface area contributed by atoms with E-state index in [-0.39, 0.29) is 0 Å². The van der Waals surface area contributed by atoms with E-state index < -0.39 is 30.1 Å². The minimum absolute atomic E-state index is 0.515. The van der Waals surface area contributed by atoms with E-state index in [2.05, 4.69) is 10.1 Å². The van der Waals surface area contributed by atoms with E-state index in [1.165, 1.54) is 0 Å². The summed E-state index contributed by atoms with van der Waals surface area (Å²) in [4.78, 5) is 35.4. The minimum Gasteiger partial charge on any atom is -0.449 e. The first-order valence-electron chi connectivity index (χ1n) is 7.86. The number of benzene rings is 1. The summed E-state index contributed by atoms with van der Waals surface area (Å²) in [7, 11) is 0. The molecule has 1 heterocycles. The third kappa shape index (κ3) is 4.89. The second-order valence-corrected chi connectivity index (χ2v) is 5.42. The highest BCUT2D eigenvalue weighted by Crippen LogP contribution is 2.21. The summed E-state index contributed by atoms with van der Waals surface area (Å²) in [6.45, 7) is 2.54. The first kappa shape index (κ1) is 17.1. The Kier molecular flexibility index (Phi) is 6.29. The molecule has 0 radical (unpaired) electrons. The molecule has 1 aliphatic rings. The highest BCUT2D eigenvalue weighted by atomic mass is 16.6. The van der Waals surface area contributed by atoms with Gasteiger partial charge in [0.05, 0.1) is 0 Å². The molecule has 6 nitrogen and oxygen atoms in total. The van der Waals surface area contributed by atoms with Crippen molar-refractivity contribution >= 4 is 17.9 Å². The number of piperidine rings is 1. The molecule has 0 saturated carbocycles. The van der Waals surface area contributed by atoms with Crippen LogP contribution in [-0.4, -0.2) is 30.5 Å². The molecule has 1 aromatic carbocycles. The van der Waals surface area contributed by atoms with E-state index in [1.807, 2.05) is 37.3 Å². The van der Waals surface area contributed by atoms with E-state index in [0.29, 0.717) is 19.4 Å². The summed E-state index contributed by atoms with van der Waals surface area (Å²) in [5, 5.41) is 2.96. The van der Waals surface area contributed by atoms with Gasteiger partial charge < -0.3 is 14.8 Å². The average molecular weight is 319 g/mol. The molecule has 0 amide bonds. The number of hydrogen-bond donors (Lipinski definition) is 1. The Bertz CT molecular complexity index is 551. The Morgan fingerprint density at radius 3 is 2.52 bits per heavy atom. The molecule has 6 heteroatoms. The monoisotopic (exact) mass is 319 g/mol. The third-order valence-electron chi connectivity index (χ3n) is 3.75. The molecule has 0 aromatic heterocycles. The number of carbonyl (C=O) groups excluding carboxylic acids is 3. The summed E-state index contributed by atoms with van der Waals surface area (Å²) in [5.41, 5.74) is 0.788.